The van der Waals surface area contributed by atoms with Crippen molar-refractivity contribution < 1.29 is 9.90 Å². The SMILES string of the molecule is Cc1nc2nc(CCC(=O)O)[nH]n2c(=O)c1Cl. The number of carboxylic acid groups (broad SMARTS) is 1. The number of hydrogen-bond acceptors (Lipinski definition) is 4. The molecular weight excluding hydrogens is 248 g/mol. The van der Waals surface area contributed by atoms with Gasteiger partial charge in [-0.05, 0) is 6.92 Å². The van der Waals surface area contributed by atoms with Gasteiger partial charge < -0.3 is 5.11 Å². The van der Waals surface area contributed by atoms with Crippen LogP contribution in [0.15, 0.2) is 4.79 Å². The van der Waals surface area contributed by atoms with Gasteiger partial charge >= 0.3 is 5.97 Å². The van der Waals surface area contributed by atoms with Gasteiger partial charge in [0.25, 0.3) is 11.3 Å². The first-order chi connectivity index (χ1) is 7.99. The van der Waals surface area contributed by atoms with Crippen molar-refractivity contribution in [1.82, 2.24) is 19.6 Å². The number of nitrogens with one attached hydrogen (secondary N) is 1. The first-order valence-electron chi connectivity index (χ1n) is 4.84. The number of nitrogens with zero attached hydrogens (tertiary/aromatic N) is 3. The minimum atomic E-state index is -0.931. The molecule has 2 aromatic heterocycles. The van der Waals surface area contributed by atoms with Crippen LogP contribution >= 0.6 is 11.6 Å². The van der Waals surface area contributed by atoms with E-state index < -0.39 is 11.5 Å². The Labute approximate surface area is 100 Å². The molecule has 0 unspecified atom stereocenters. The highest BCUT2D eigenvalue weighted by molar-refractivity contribution is 6.31. The van der Waals surface area contributed by atoms with Gasteiger partial charge in [-0.15, -0.1) is 0 Å². The fourth-order valence-corrected chi connectivity index (χ4v) is 1.51. The van der Waals surface area contributed by atoms with Crippen LogP contribution in [0, 0.1) is 6.92 Å². The number of fused-ring (bicyclic) bond motifs is 1. The molecule has 0 aliphatic carbocycles. The monoisotopic (exact) mass is 256 g/mol. The van der Waals surface area contributed by atoms with Gasteiger partial charge in [0.15, 0.2) is 0 Å². The summed E-state index contributed by atoms with van der Waals surface area (Å²) in [5.74, 6) is -0.351. The number of aliphatic carboxylic acids is 1. The zero-order valence-electron chi connectivity index (χ0n) is 8.90. The molecule has 7 nitrogen and oxygen atoms in total. The van der Waals surface area contributed by atoms with Crippen molar-refractivity contribution in [3.05, 3.63) is 26.9 Å². The van der Waals surface area contributed by atoms with Crippen molar-refractivity contribution in [2.24, 2.45) is 0 Å². The number of halogens is 1. The molecule has 2 heterocycles. The number of rotatable bonds is 3. The molecule has 0 saturated carbocycles. The maximum absolute atomic E-state index is 11.7. The van der Waals surface area contributed by atoms with E-state index in [0.29, 0.717) is 11.5 Å². The molecule has 0 spiro atoms. The maximum atomic E-state index is 11.7. The van der Waals surface area contributed by atoms with Crippen LogP contribution in [-0.2, 0) is 11.2 Å². The molecule has 0 aromatic carbocycles. The highest BCUT2D eigenvalue weighted by Crippen LogP contribution is 2.08. The Hall–Kier alpha value is -1.89. The lowest BCUT2D eigenvalue weighted by molar-refractivity contribution is -0.137. The minimum Gasteiger partial charge on any atom is -0.481 e. The molecule has 2 N–H and O–H groups in total. The first kappa shape index (κ1) is 11.6. The molecule has 2 aromatic rings. The van der Waals surface area contributed by atoms with Crippen molar-refractivity contribution >= 4 is 23.3 Å². The maximum Gasteiger partial charge on any atom is 0.303 e. The lowest BCUT2D eigenvalue weighted by Crippen LogP contribution is -2.17. The van der Waals surface area contributed by atoms with Gasteiger partial charge in [0, 0.05) is 6.42 Å². The Kier molecular flexibility index (Phi) is 2.84. The van der Waals surface area contributed by atoms with Gasteiger partial charge in [-0.3, -0.25) is 14.7 Å². The Bertz CT molecular complexity index is 645. The van der Waals surface area contributed by atoms with Gasteiger partial charge in [-0.2, -0.15) is 9.50 Å². The van der Waals surface area contributed by atoms with E-state index in [1.807, 2.05) is 0 Å². The molecule has 2 rings (SSSR count). The van der Waals surface area contributed by atoms with Crippen LogP contribution in [0.1, 0.15) is 17.9 Å². The van der Waals surface area contributed by atoms with Crippen molar-refractivity contribution in [1.29, 1.82) is 0 Å². The van der Waals surface area contributed by atoms with Gasteiger partial charge in [0.2, 0.25) is 0 Å². The zero-order valence-corrected chi connectivity index (χ0v) is 9.65. The predicted molar refractivity (Wildman–Crippen MR) is 59.3 cm³/mol. The average molecular weight is 257 g/mol. The Morgan fingerprint density at radius 1 is 1.53 bits per heavy atom. The zero-order chi connectivity index (χ0) is 12.6. The molecule has 0 fully saturated rings. The summed E-state index contributed by atoms with van der Waals surface area (Å²) < 4.78 is 1.10. The number of aryl methyl sites for hydroxylation is 2. The van der Waals surface area contributed by atoms with Crippen molar-refractivity contribution in [3.63, 3.8) is 0 Å². The topological polar surface area (TPSA) is 100 Å². The van der Waals surface area contributed by atoms with Crippen LogP contribution in [0.5, 0.6) is 0 Å². The van der Waals surface area contributed by atoms with E-state index in [2.05, 4.69) is 15.1 Å². The minimum absolute atomic E-state index is 0.0240. The standard InChI is InChI=1S/C9H9ClN4O3/c1-4-7(10)8(17)14-9(11-4)12-5(13-14)2-3-6(15)16/h2-3H2,1H3,(H,15,16)(H,11,12,13). The number of hydrogen-bond donors (Lipinski definition) is 2. The van der Waals surface area contributed by atoms with Crippen molar-refractivity contribution in [2.75, 3.05) is 0 Å². The molecular formula is C9H9ClN4O3. The molecule has 90 valence electrons. The van der Waals surface area contributed by atoms with E-state index >= 15 is 0 Å². The predicted octanol–water partition coefficient (Wildman–Crippen LogP) is 0.397. The largest absolute Gasteiger partial charge is 0.481 e. The van der Waals surface area contributed by atoms with Gasteiger partial charge in [0.05, 0.1) is 12.1 Å². The summed E-state index contributed by atoms with van der Waals surface area (Å²) in [4.78, 5) is 30.2. The van der Waals surface area contributed by atoms with Crippen LogP contribution in [0.4, 0.5) is 0 Å². The molecule has 0 bridgehead atoms. The Morgan fingerprint density at radius 3 is 2.88 bits per heavy atom. The lowest BCUT2D eigenvalue weighted by Gasteiger charge is -1.95. The summed E-state index contributed by atoms with van der Waals surface area (Å²) in [6, 6.07) is 0. The number of H-pyrrole nitrogens is 1. The van der Waals surface area contributed by atoms with Crippen molar-refractivity contribution in [2.45, 2.75) is 19.8 Å². The second-order valence-electron chi connectivity index (χ2n) is 3.52. The second-order valence-corrected chi connectivity index (χ2v) is 3.89. The third kappa shape index (κ3) is 2.14. The van der Waals surface area contributed by atoms with Gasteiger partial charge in [0.1, 0.15) is 10.8 Å². The number of aromatic nitrogens is 4. The number of carbonyl (C=O) groups is 1. The summed E-state index contributed by atoms with van der Waals surface area (Å²) in [6.45, 7) is 1.61. The van der Waals surface area contributed by atoms with E-state index in [0.717, 1.165) is 4.52 Å². The Balaban J connectivity index is 2.47. The lowest BCUT2D eigenvalue weighted by atomic mass is 10.3. The van der Waals surface area contributed by atoms with E-state index in [1.54, 1.807) is 6.92 Å². The molecule has 0 saturated heterocycles. The summed E-state index contributed by atoms with van der Waals surface area (Å²) in [7, 11) is 0. The number of carboxylic acids is 1. The van der Waals surface area contributed by atoms with Crippen molar-refractivity contribution in [3.8, 4) is 0 Å². The summed E-state index contributed by atoms with van der Waals surface area (Å²) in [6.07, 6.45) is 0.135. The van der Waals surface area contributed by atoms with Crippen LogP contribution in [-0.4, -0.2) is 30.7 Å². The molecule has 0 radical (unpaired) electrons. The normalized spacial score (nSPS) is 10.9. The highest BCUT2D eigenvalue weighted by Gasteiger charge is 2.11. The smallest absolute Gasteiger partial charge is 0.303 e. The quantitative estimate of drug-likeness (QED) is 0.828. The summed E-state index contributed by atoms with van der Waals surface area (Å²) in [5.41, 5.74) is -0.0452. The van der Waals surface area contributed by atoms with Gasteiger partial charge in [-0.1, -0.05) is 11.6 Å². The van der Waals surface area contributed by atoms with Crippen LogP contribution in [0.25, 0.3) is 5.78 Å². The first-order valence-corrected chi connectivity index (χ1v) is 5.22. The molecule has 0 aliphatic heterocycles. The summed E-state index contributed by atoms with van der Waals surface area (Å²) >= 11 is 5.76. The Morgan fingerprint density at radius 2 is 2.24 bits per heavy atom. The summed E-state index contributed by atoms with van der Waals surface area (Å²) in [5, 5.41) is 11.2. The second kappa shape index (κ2) is 4.17. The molecule has 0 amide bonds. The molecule has 0 aliphatic rings. The van der Waals surface area contributed by atoms with E-state index in [9.17, 15) is 9.59 Å². The average Bonchev–Trinajstić information content (AvgIpc) is 2.66. The highest BCUT2D eigenvalue weighted by atomic mass is 35.5. The molecule has 0 atom stereocenters. The van der Waals surface area contributed by atoms with E-state index in [-0.39, 0.29) is 23.6 Å². The number of aromatic amines is 1. The van der Waals surface area contributed by atoms with Crippen LogP contribution in [0.3, 0.4) is 0 Å². The molecule has 8 heteroatoms. The fraction of sp³-hybridized carbons (Fsp3) is 0.333. The fourth-order valence-electron chi connectivity index (χ4n) is 1.38. The third-order valence-corrected chi connectivity index (χ3v) is 2.66. The molecule has 17 heavy (non-hydrogen) atoms. The van der Waals surface area contributed by atoms with Gasteiger partial charge in [-0.25, -0.2) is 4.98 Å². The van der Waals surface area contributed by atoms with E-state index in [1.165, 1.54) is 0 Å². The van der Waals surface area contributed by atoms with Crippen LogP contribution in [0.2, 0.25) is 5.02 Å². The van der Waals surface area contributed by atoms with E-state index in [4.69, 9.17) is 16.7 Å². The van der Waals surface area contributed by atoms with Crippen LogP contribution < -0.4 is 5.56 Å². The third-order valence-electron chi connectivity index (χ3n) is 2.23.